The largest absolute Gasteiger partial charge is 0.489 e. The summed E-state index contributed by atoms with van der Waals surface area (Å²) in [5, 5.41) is 0. The Kier molecular flexibility index (Phi) is 8.64. The number of hydrogen-bond donors (Lipinski definition) is 1. The van der Waals surface area contributed by atoms with Gasteiger partial charge in [-0.1, -0.05) is 13.0 Å². The lowest BCUT2D eigenvalue weighted by Gasteiger charge is -2.33. The zero-order chi connectivity index (χ0) is 22.2. The number of ether oxygens (including phenoxy) is 2. The molecule has 164 valence electrons. The van der Waals surface area contributed by atoms with Crippen LogP contribution in [0, 0.1) is 0 Å². The molecule has 0 aliphatic carbocycles. The lowest BCUT2D eigenvalue weighted by molar-refractivity contribution is -0.122. The number of amides is 1. The fourth-order valence-electron chi connectivity index (χ4n) is 3.21. The number of nitrogens with two attached hydrogens (primary N) is 1. The maximum absolute atomic E-state index is 13.1. The Morgan fingerprint density at radius 1 is 1.17 bits per heavy atom. The van der Waals surface area contributed by atoms with E-state index in [2.05, 4.69) is 16.6 Å². The van der Waals surface area contributed by atoms with E-state index in [1.807, 2.05) is 19.1 Å². The van der Waals surface area contributed by atoms with Gasteiger partial charge in [-0.25, -0.2) is 8.42 Å². The molecule has 0 spiro atoms. The van der Waals surface area contributed by atoms with E-state index >= 15 is 0 Å². The molecule has 1 aromatic heterocycles. The smallest absolute Gasteiger partial charge is 0.239 e. The molecule has 1 saturated heterocycles. The molecular formula is C21H27ClN2O5S. The van der Waals surface area contributed by atoms with Gasteiger partial charge in [0.15, 0.2) is 14.6 Å². The van der Waals surface area contributed by atoms with Gasteiger partial charge in [-0.15, -0.1) is 11.6 Å². The molecule has 30 heavy (non-hydrogen) atoms. The Balaban J connectivity index is 0.00000155. The topological polar surface area (TPSA) is 109 Å². The minimum atomic E-state index is -3.93. The van der Waals surface area contributed by atoms with Crippen LogP contribution in [0.2, 0.25) is 0 Å². The fraction of sp³-hybridized carbons (Fsp3) is 0.429. The molecule has 1 aromatic carbocycles. The van der Waals surface area contributed by atoms with Crippen molar-refractivity contribution < 1.29 is 22.7 Å². The molecule has 2 heterocycles. The van der Waals surface area contributed by atoms with Gasteiger partial charge in [0.05, 0.1) is 4.90 Å². The van der Waals surface area contributed by atoms with Crippen molar-refractivity contribution in [2.45, 2.75) is 42.4 Å². The third kappa shape index (κ3) is 5.11. The highest BCUT2D eigenvalue weighted by atomic mass is 35.5. The summed E-state index contributed by atoms with van der Waals surface area (Å²) in [7, 11) is -3.93. The van der Waals surface area contributed by atoms with E-state index in [1.165, 1.54) is 18.5 Å². The van der Waals surface area contributed by atoms with Gasteiger partial charge in [-0.2, -0.15) is 0 Å². The minimum absolute atomic E-state index is 0.0505. The first-order chi connectivity index (χ1) is 14.4. The summed E-state index contributed by atoms with van der Waals surface area (Å²) >= 11 is 4.64. The summed E-state index contributed by atoms with van der Waals surface area (Å²) < 4.78 is 35.5. The highest BCUT2D eigenvalue weighted by Crippen LogP contribution is 2.35. The lowest BCUT2D eigenvalue weighted by Crippen LogP contribution is -2.53. The van der Waals surface area contributed by atoms with Gasteiger partial charge in [0.25, 0.3) is 0 Å². The third-order valence-corrected chi connectivity index (χ3v) is 7.58. The average Bonchev–Trinajstić information content (AvgIpc) is 2.80. The van der Waals surface area contributed by atoms with Crippen molar-refractivity contribution in [3.05, 3.63) is 53.9 Å². The van der Waals surface area contributed by atoms with Gasteiger partial charge >= 0.3 is 0 Å². The van der Waals surface area contributed by atoms with Crippen LogP contribution in [0.4, 0.5) is 0 Å². The molecule has 0 unspecified atom stereocenters. The number of carbonyl (C=O) groups is 1. The van der Waals surface area contributed by atoms with Gasteiger partial charge in [0, 0.05) is 37.1 Å². The van der Waals surface area contributed by atoms with Crippen molar-refractivity contribution in [1.29, 1.82) is 0 Å². The number of hydrogen-bond acceptors (Lipinski definition) is 6. The Morgan fingerprint density at radius 2 is 1.80 bits per heavy atom. The molecule has 1 fully saturated rings. The molecule has 1 aliphatic heterocycles. The molecule has 3 rings (SSSR count). The Bertz CT molecular complexity index is 925. The molecule has 9 heteroatoms. The van der Waals surface area contributed by atoms with Gasteiger partial charge in [-0.3, -0.25) is 9.78 Å². The van der Waals surface area contributed by atoms with Gasteiger partial charge in [0.1, 0.15) is 12.4 Å². The molecular weight excluding hydrogens is 428 g/mol. The second-order valence-electron chi connectivity index (χ2n) is 6.75. The van der Waals surface area contributed by atoms with Crippen LogP contribution in [0.25, 0.3) is 0 Å². The zero-order valence-corrected chi connectivity index (χ0v) is 18.7. The van der Waals surface area contributed by atoms with Crippen molar-refractivity contribution in [3.8, 4) is 5.75 Å². The van der Waals surface area contributed by atoms with E-state index in [9.17, 15) is 13.2 Å². The van der Waals surface area contributed by atoms with E-state index in [0.717, 1.165) is 17.7 Å². The number of alkyl halides is 1. The van der Waals surface area contributed by atoms with Crippen LogP contribution in [0.3, 0.4) is 0 Å². The number of benzene rings is 1. The van der Waals surface area contributed by atoms with Crippen molar-refractivity contribution in [3.63, 3.8) is 0 Å². The number of rotatable bonds is 7. The van der Waals surface area contributed by atoms with Gasteiger partial charge < -0.3 is 15.2 Å². The quantitative estimate of drug-likeness (QED) is 0.644. The highest BCUT2D eigenvalue weighted by molar-refractivity contribution is 7.93. The molecule has 0 radical (unpaired) electrons. The number of primary amides is 1. The Morgan fingerprint density at radius 3 is 2.30 bits per heavy atom. The second-order valence-corrected chi connectivity index (χ2v) is 9.01. The van der Waals surface area contributed by atoms with E-state index in [1.54, 1.807) is 18.3 Å². The minimum Gasteiger partial charge on any atom is -0.489 e. The van der Waals surface area contributed by atoms with Crippen LogP contribution in [-0.4, -0.2) is 43.7 Å². The van der Waals surface area contributed by atoms with Crippen molar-refractivity contribution in [2.75, 3.05) is 19.6 Å². The fourth-order valence-corrected chi connectivity index (χ4v) is 5.12. The van der Waals surface area contributed by atoms with E-state index < -0.39 is 20.5 Å². The van der Waals surface area contributed by atoms with Crippen LogP contribution in [0.15, 0.2) is 47.5 Å². The van der Waals surface area contributed by atoms with Crippen LogP contribution in [-0.2, 0) is 32.4 Å². The summed E-state index contributed by atoms with van der Waals surface area (Å²) in [4.78, 5) is 16.4. The monoisotopic (exact) mass is 454 g/mol. The summed E-state index contributed by atoms with van der Waals surface area (Å²) in [6, 6.07) is 9.95. The third-order valence-electron chi connectivity index (χ3n) is 5.05. The molecule has 0 saturated carbocycles. The Hall–Kier alpha value is -2.16. The van der Waals surface area contributed by atoms with Crippen LogP contribution < -0.4 is 10.5 Å². The van der Waals surface area contributed by atoms with Crippen LogP contribution in [0.5, 0.6) is 5.75 Å². The number of carbonyl (C=O) groups excluding carboxylic acids is 1. The highest BCUT2D eigenvalue weighted by Gasteiger charge is 2.51. The van der Waals surface area contributed by atoms with E-state index in [-0.39, 0.29) is 31.0 Å². The molecule has 0 bridgehead atoms. The van der Waals surface area contributed by atoms with Gasteiger partial charge in [-0.05, 0) is 49.6 Å². The second kappa shape index (κ2) is 10.7. The number of nitrogens with zero attached hydrogens (tertiary/aromatic N) is 1. The molecule has 2 N–H and O–H groups in total. The summed E-state index contributed by atoms with van der Waals surface area (Å²) in [6.07, 6.45) is 4.22. The normalized spacial score (nSPS) is 15.6. The maximum Gasteiger partial charge on any atom is 0.239 e. The standard InChI is InChI=1S/C20H24N2O5S.CH3Cl/c1-2-16-4-3-15(13-22-16)14-27-17-5-7-18(8-6-17)28(24,25)20(19(21)23)9-11-26-12-10-20;1-2/h3-8,13H,2,9-12,14H2,1H3,(H2,21,23);1H3. The first kappa shape index (κ1) is 24.1. The number of aromatic nitrogens is 1. The predicted molar refractivity (Wildman–Crippen MR) is 115 cm³/mol. The van der Waals surface area contributed by atoms with Crippen molar-refractivity contribution >= 4 is 27.3 Å². The first-order valence-electron chi connectivity index (χ1n) is 9.56. The van der Waals surface area contributed by atoms with Crippen LogP contribution in [0.1, 0.15) is 31.0 Å². The summed E-state index contributed by atoms with van der Waals surface area (Å²) in [5.41, 5.74) is 7.41. The first-order valence-corrected chi connectivity index (χ1v) is 11.8. The summed E-state index contributed by atoms with van der Waals surface area (Å²) in [5.74, 6) is -0.308. The molecule has 0 atom stereocenters. The molecule has 1 aliphatic rings. The number of halogens is 1. The number of aryl methyl sites for hydroxylation is 1. The average molecular weight is 455 g/mol. The van der Waals surface area contributed by atoms with Crippen molar-refractivity contribution in [1.82, 2.24) is 4.98 Å². The van der Waals surface area contributed by atoms with Crippen molar-refractivity contribution in [2.24, 2.45) is 5.73 Å². The number of sulfone groups is 1. The van der Waals surface area contributed by atoms with E-state index in [0.29, 0.717) is 12.4 Å². The Labute approximate surface area is 182 Å². The zero-order valence-electron chi connectivity index (χ0n) is 17.1. The summed E-state index contributed by atoms with van der Waals surface area (Å²) in [6.45, 7) is 2.74. The number of pyridine rings is 1. The molecule has 7 nitrogen and oxygen atoms in total. The van der Waals surface area contributed by atoms with Gasteiger partial charge in [0.2, 0.25) is 5.91 Å². The van der Waals surface area contributed by atoms with E-state index in [4.69, 9.17) is 15.2 Å². The molecule has 1 amide bonds. The predicted octanol–water partition coefficient (Wildman–Crippen LogP) is 2.89. The molecule has 2 aromatic rings. The van der Waals surface area contributed by atoms with Crippen LogP contribution >= 0.6 is 11.6 Å². The maximum atomic E-state index is 13.1. The SMILES string of the molecule is CCc1ccc(COc2ccc(S(=O)(=O)C3(C(N)=O)CCOCC3)cc2)cn1.CCl. The lowest BCUT2D eigenvalue weighted by atomic mass is 9.98.